The molecule has 0 aliphatic carbocycles. The largest absolute Gasteiger partial charge is 0.379 e. The smallest absolute Gasteiger partial charge is 0.229 e. The summed E-state index contributed by atoms with van der Waals surface area (Å²) in [6.45, 7) is 12.3. The molecule has 8 atom stereocenters. The number of methoxy groups -OCH3 is 2. The third kappa shape index (κ3) is 11.9. The first-order valence-electron chi connectivity index (χ1n) is 18.8. The van der Waals surface area contributed by atoms with Crippen LogP contribution < -0.4 is 0 Å². The van der Waals surface area contributed by atoms with Crippen molar-refractivity contribution in [1.29, 1.82) is 0 Å². The second-order valence-electron chi connectivity index (χ2n) is 15.3. The first kappa shape index (κ1) is 43.9. The van der Waals surface area contributed by atoms with Crippen molar-refractivity contribution in [2.75, 3.05) is 56.0 Å². The topological polar surface area (TPSA) is 99.7 Å². The fourth-order valence-electron chi connectivity index (χ4n) is 7.67. The van der Waals surface area contributed by atoms with Crippen LogP contribution in [-0.2, 0) is 35.1 Å². The molecule has 0 saturated carbocycles. The molecular weight excluding hydrogens is 644 g/mol. The average molecular weight is 713 g/mol. The summed E-state index contributed by atoms with van der Waals surface area (Å²) in [5, 5.41) is 0. The first-order valence-corrected chi connectivity index (χ1v) is 18.8. The van der Waals surface area contributed by atoms with Gasteiger partial charge in [0, 0.05) is 74.3 Å². The molecule has 2 amide bonds. The molecule has 1 fully saturated rings. The molecule has 0 unspecified atom stereocenters. The lowest BCUT2D eigenvalue weighted by molar-refractivity contribution is -0.147. The van der Waals surface area contributed by atoms with E-state index in [0.29, 0.717) is 13.0 Å². The van der Waals surface area contributed by atoms with Crippen LogP contribution in [0.1, 0.15) is 79.2 Å². The molecule has 10 nitrogen and oxygen atoms in total. The number of hydrogen-bond acceptors (Lipinski definition) is 8. The number of amides is 2. The van der Waals surface area contributed by atoms with Crippen molar-refractivity contribution >= 4 is 23.4 Å². The molecule has 1 aromatic carbocycles. The summed E-state index contributed by atoms with van der Waals surface area (Å²) in [5.41, 5.74) is 1.02. The number of likely N-dealkylation sites (N-methyl/N-ethyl adjacent to an activating group) is 1. The fourth-order valence-corrected chi connectivity index (χ4v) is 7.67. The summed E-state index contributed by atoms with van der Waals surface area (Å²) in [7, 11) is 12.9. The summed E-state index contributed by atoms with van der Waals surface area (Å²) < 4.78 is 12.0. The lowest BCUT2D eigenvalue weighted by Crippen LogP contribution is -2.54. The maximum atomic E-state index is 14.3. The van der Waals surface area contributed by atoms with Gasteiger partial charge in [0.25, 0.3) is 0 Å². The van der Waals surface area contributed by atoms with Crippen LogP contribution in [0.25, 0.3) is 0 Å². The van der Waals surface area contributed by atoms with Crippen molar-refractivity contribution in [2.24, 2.45) is 29.6 Å². The van der Waals surface area contributed by atoms with Crippen molar-refractivity contribution in [3.63, 3.8) is 0 Å². The van der Waals surface area contributed by atoms with Gasteiger partial charge in [-0.1, -0.05) is 71.4 Å². The van der Waals surface area contributed by atoms with Gasteiger partial charge in [-0.15, -0.1) is 0 Å². The van der Waals surface area contributed by atoms with E-state index in [1.807, 2.05) is 93.3 Å². The lowest BCUT2D eigenvalue weighted by Gasteiger charge is -2.40. The predicted octanol–water partition coefficient (Wildman–Crippen LogP) is 5.55. The number of ketones is 2. The summed E-state index contributed by atoms with van der Waals surface area (Å²) in [6.07, 6.45) is 4.06. The van der Waals surface area contributed by atoms with Crippen LogP contribution >= 0.6 is 0 Å². The lowest BCUT2D eigenvalue weighted by atomic mass is 9.84. The Morgan fingerprint density at radius 1 is 0.922 bits per heavy atom. The Bertz CT molecular complexity index is 1290. The van der Waals surface area contributed by atoms with Gasteiger partial charge in [0.05, 0.1) is 42.5 Å². The number of hydrogen-bond donors (Lipinski definition) is 0. The number of nitrogens with zero attached hydrogens (tertiary/aromatic N) is 4. The molecule has 10 heteroatoms. The molecular formula is C41H68N4O6. The van der Waals surface area contributed by atoms with E-state index in [0.717, 1.165) is 30.6 Å². The van der Waals surface area contributed by atoms with Crippen LogP contribution in [0, 0.1) is 29.6 Å². The van der Waals surface area contributed by atoms with Gasteiger partial charge in [0.2, 0.25) is 11.8 Å². The summed E-state index contributed by atoms with van der Waals surface area (Å²) in [6, 6.07) is 9.14. The van der Waals surface area contributed by atoms with Gasteiger partial charge in [0.15, 0.2) is 0 Å². The molecule has 0 radical (unpaired) electrons. The van der Waals surface area contributed by atoms with Crippen LogP contribution in [-0.4, -0.2) is 123 Å². The van der Waals surface area contributed by atoms with Gasteiger partial charge in [-0.3, -0.25) is 19.2 Å². The average Bonchev–Trinajstić information content (AvgIpc) is 3.57. The molecule has 1 heterocycles. The molecule has 0 spiro atoms. The van der Waals surface area contributed by atoms with Crippen LogP contribution in [0.3, 0.4) is 0 Å². The zero-order valence-corrected chi connectivity index (χ0v) is 33.8. The molecule has 0 aromatic heterocycles. The molecule has 288 valence electrons. The van der Waals surface area contributed by atoms with Crippen molar-refractivity contribution in [3.05, 3.63) is 47.8 Å². The van der Waals surface area contributed by atoms with E-state index in [2.05, 4.69) is 27.7 Å². The van der Waals surface area contributed by atoms with Crippen LogP contribution in [0.4, 0.5) is 0 Å². The standard InChI is InChI=1S/C41H68N4O6/c1-14-28(4)39(44(11)41(49)33(27(2)3)25-37(42(7)8)43(9)10)36(50-12)26-38(48)45-22-18-21-34(45)40(51-13)29(5)35(47)24-32(30(6)46)23-31-19-16-15-17-20-31/h15-17,19-20,25,27-29,32-34,36,39-40H,14,18,21-24,26H2,1-13H3/t28-,29-,32+,33-,34-,36+,39-,40+/m0/s1. The summed E-state index contributed by atoms with van der Waals surface area (Å²) in [5.74, 6) is -0.342. The number of Topliss-reactive ketones (excluding diaryl/α,β-unsaturated/α-hetero) is 2. The van der Waals surface area contributed by atoms with Crippen molar-refractivity contribution in [2.45, 2.75) is 104 Å². The minimum Gasteiger partial charge on any atom is -0.379 e. The third-order valence-corrected chi connectivity index (χ3v) is 10.9. The monoisotopic (exact) mass is 713 g/mol. The highest BCUT2D eigenvalue weighted by Gasteiger charge is 2.42. The minimum absolute atomic E-state index is 0.00652. The van der Waals surface area contributed by atoms with E-state index in [1.54, 1.807) is 26.0 Å². The van der Waals surface area contributed by atoms with Crippen molar-refractivity contribution < 1.29 is 28.7 Å². The minimum atomic E-state index is -0.532. The molecule has 1 aliphatic rings. The SMILES string of the molecule is CC[C@H](C)[C@@H]([C@@H](CC(=O)N1CCC[C@H]1[C@H](OC)[C@@H](C)C(=O)C[C@@H](Cc1ccccc1)C(C)=O)OC)N(C)C(=O)[C@@H](C=C(N(C)C)N(C)C)C(C)C. The third-order valence-electron chi connectivity index (χ3n) is 10.9. The highest BCUT2D eigenvalue weighted by Crippen LogP contribution is 2.31. The van der Waals surface area contributed by atoms with Crippen molar-refractivity contribution in [3.8, 4) is 0 Å². The molecule has 1 saturated heterocycles. The van der Waals surface area contributed by atoms with E-state index in [-0.39, 0.29) is 66.1 Å². The van der Waals surface area contributed by atoms with E-state index < -0.39 is 24.0 Å². The normalized spacial score (nSPS) is 18.6. The molecule has 2 rings (SSSR count). The second kappa shape index (κ2) is 20.7. The van der Waals surface area contributed by atoms with Gasteiger partial charge < -0.3 is 29.1 Å². The Labute approximate surface area is 308 Å². The highest BCUT2D eigenvalue weighted by atomic mass is 16.5. The Kier molecular flexibility index (Phi) is 17.8. The summed E-state index contributed by atoms with van der Waals surface area (Å²) in [4.78, 5) is 62.4. The predicted molar refractivity (Wildman–Crippen MR) is 204 cm³/mol. The van der Waals surface area contributed by atoms with Crippen LogP contribution in [0.15, 0.2) is 42.2 Å². The number of carbonyl (C=O) groups excluding carboxylic acids is 4. The van der Waals surface area contributed by atoms with Gasteiger partial charge in [-0.25, -0.2) is 0 Å². The molecule has 0 bridgehead atoms. The molecule has 1 aliphatic heterocycles. The maximum Gasteiger partial charge on any atom is 0.229 e. The number of ether oxygens (including phenoxy) is 2. The quantitative estimate of drug-likeness (QED) is 0.164. The number of carbonyl (C=O) groups is 4. The van der Waals surface area contributed by atoms with E-state index in [4.69, 9.17) is 9.47 Å². The Morgan fingerprint density at radius 2 is 1.53 bits per heavy atom. The van der Waals surface area contributed by atoms with E-state index in [9.17, 15) is 19.2 Å². The first-order chi connectivity index (χ1) is 24.0. The van der Waals surface area contributed by atoms with E-state index >= 15 is 0 Å². The molecule has 51 heavy (non-hydrogen) atoms. The maximum absolute atomic E-state index is 14.3. The Hall–Kier alpha value is -3.24. The second-order valence-corrected chi connectivity index (χ2v) is 15.3. The zero-order chi connectivity index (χ0) is 38.6. The zero-order valence-electron chi connectivity index (χ0n) is 33.8. The van der Waals surface area contributed by atoms with E-state index in [1.165, 1.54) is 0 Å². The van der Waals surface area contributed by atoms with Gasteiger partial charge >= 0.3 is 0 Å². The number of benzene rings is 1. The van der Waals surface area contributed by atoms with Gasteiger partial charge in [-0.2, -0.15) is 0 Å². The number of rotatable bonds is 21. The fraction of sp³-hybridized carbons (Fsp3) is 0.707. The van der Waals surface area contributed by atoms with Gasteiger partial charge in [0.1, 0.15) is 11.6 Å². The summed E-state index contributed by atoms with van der Waals surface area (Å²) >= 11 is 0. The highest BCUT2D eigenvalue weighted by molar-refractivity contribution is 5.88. The van der Waals surface area contributed by atoms with Crippen LogP contribution in [0.5, 0.6) is 0 Å². The number of likely N-dealkylation sites (tertiary alicyclic amines) is 1. The van der Waals surface area contributed by atoms with Crippen LogP contribution in [0.2, 0.25) is 0 Å². The molecule has 0 N–H and O–H groups in total. The molecule has 1 aromatic rings. The Morgan fingerprint density at radius 3 is 2.02 bits per heavy atom. The van der Waals surface area contributed by atoms with Gasteiger partial charge in [-0.05, 0) is 49.7 Å². The Balaban J connectivity index is 2.29. The van der Waals surface area contributed by atoms with Crippen molar-refractivity contribution in [1.82, 2.24) is 19.6 Å².